The molecule has 3 rings (SSSR count). The molecule has 0 spiro atoms. The summed E-state index contributed by atoms with van der Waals surface area (Å²) in [5.41, 5.74) is 0.953. The van der Waals surface area contributed by atoms with Gasteiger partial charge >= 0.3 is 0 Å². The number of amides is 2. The van der Waals surface area contributed by atoms with Gasteiger partial charge in [-0.25, -0.2) is 13.6 Å². The van der Waals surface area contributed by atoms with Gasteiger partial charge in [-0.1, -0.05) is 0 Å². The second-order valence-electron chi connectivity index (χ2n) is 6.64. The van der Waals surface area contributed by atoms with Gasteiger partial charge in [0.15, 0.2) is 12.4 Å². The predicted octanol–water partition coefficient (Wildman–Crippen LogP) is 1.42. The molecule has 4 N–H and O–H groups in total. The van der Waals surface area contributed by atoms with Crippen LogP contribution in [0.25, 0.3) is 0 Å². The highest BCUT2D eigenvalue weighted by Crippen LogP contribution is 2.16. The lowest BCUT2D eigenvalue weighted by Gasteiger charge is -2.06. The van der Waals surface area contributed by atoms with Crippen molar-refractivity contribution in [1.82, 2.24) is 0 Å². The Hall–Kier alpha value is -4.16. The number of nitrogens with zero attached hydrogens (tertiary/aromatic N) is 2. The first-order valence-corrected chi connectivity index (χ1v) is 10.6. The molecule has 0 radical (unpaired) electrons. The van der Waals surface area contributed by atoms with Crippen molar-refractivity contribution in [1.29, 1.82) is 0 Å². The molecule has 0 aliphatic carbocycles. The Kier molecular flexibility index (Phi) is 6.56. The molecule has 2 aromatic carbocycles. The molecule has 3 aromatic rings. The summed E-state index contributed by atoms with van der Waals surface area (Å²) in [6.07, 6.45) is 3.08. The molecule has 0 aliphatic rings. The van der Waals surface area contributed by atoms with Crippen LogP contribution in [0, 0.1) is 10.1 Å². The number of nitro groups is 1. The van der Waals surface area contributed by atoms with Gasteiger partial charge in [0.1, 0.15) is 5.56 Å². The molecule has 164 valence electrons. The van der Waals surface area contributed by atoms with E-state index in [9.17, 15) is 28.1 Å². The number of rotatable bonds is 7. The Morgan fingerprint density at radius 3 is 2.16 bits per heavy atom. The summed E-state index contributed by atoms with van der Waals surface area (Å²) in [6, 6.07) is 13.9. The molecule has 1 aromatic heterocycles. The van der Waals surface area contributed by atoms with Crippen molar-refractivity contribution in [2.24, 2.45) is 5.14 Å². The number of carbonyl (C=O) groups excluding carboxylic acids is 2. The van der Waals surface area contributed by atoms with Gasteiger partial charge in [-0.3, -0.25) is 19.7 Å². The molecule has 0 atom stereocenters. The number of nitrogens with two attached hydrogens (primary N) is 1. The van der Waals surface area contributed by atoms with Crippen LogP contribution in [0.2, 0.25) is 0 Å². The predicted molar refractivity (Wildman–Crippen MR) is 114 cm³/mol. The van der Waals surface area contributed by atoms with E-state index in [4.69, 9.17) is 5.14 Å². The highest BCUT2D eigenvalue weighted by Gasteiger charge is 2.15. The van der Waals surface area contributed by atoms with Crippen molar-refractivity contribution in [3.05, 3.63) is 88.7 Å². The monoisotopic (exact) mass is 456 g/mol. The minimum atomic E-state index is -3.82. The van der Waals surface area contributed by atoms with Crippen molar-refractivity contribution in [2.75, 3.05) is 10.6 Å². The quantitative estimate of drug-likeness (QED) is 0.276. The molecular weight excluding hydrogens is 438 g/mol. The van der Waals surface area contributed by atoms with Crippen LogP contribution in [0.4, 0.5) is 17.1 Å². The van der Waals surface area contributed by atoms with Crippen molar-refractivity contribution in [3.63, 3.8) is 0 Å². The third-order valence-electron chi connectivity index (χ3n) is 4.25. The van der Waals surface area contributed by atoms with E-state index in [1.165, 1.54) is 59.3 Å². The van der Waals surface area contributed by atoms with Gasteiger partial charge in [-0.05, 0) is 42.5 Å². The number of nitro benzene ring substituents is 1. The summed E-state index contributed by atoms with van der Waals surface area (Å²) in [5.74, 6) is -0.849. The number of nitrogens with one attached hydrogen (secondary N) is 2. The number of primary sulfonamides is 1. The zero-order valence-corrected chi connectivity index (χ0v) is 17.3. The molecule has 2 amide bonds. The lowest BCUT2D eigenvalue weighted by atomic mass is 10.2. The van der Waals surface area contributed by atoms with Crippen LogP contribution >= 0.6 is 0 Å². The Morgan fingerprint density at radius 1 is 0.969 bits per heavy atom. The molecule has 0 saturated heterocycles. The standard InChI is InChI=1S/C20H17N5O6S/c21-32(30,31)18-9-5-15(6-10-18)22-19(26)13-24-11-1-2-14(12-24)20(27)23-16-3-7-17(8-4-16)25(28)29/h1-12H,13H2,(H3-,21,22,23,26,27,30,31)/p+1. The van der Waals surface area contributed by atoms with E-state index in [0.29, 0.717) is 11.4 Å². The number of benzene rings is 2. The van der Waals surface area contributed by atoms with Gasteiger partial charge < -0.3 is 10.6 Å². The smallest absolute Gasteiger partial charge is 0.290 e. The number of carbonyl (C=O) groups is 2. The minimum Gasteiger partial charge on any atom is -0.322 e. The molecular formula is C20H18N5O6S+. The minimum absolute atomic E-state index is 0.0726. The van der Waals surface area contributed by atoms with E-state index in [1.54, 1.807) is 18.3 Å². The number of hydrogen-bond donors (Lipinski definition) is 3. The number of non-ortho nitro benzene ring substituents is 1. The SMILES string of the molecule is NS(=O)(=O)c1ccc(NC(=O)C[n+]2cccc(C(=O)Nc3ccc([N+](=O)[O-])cc3)c2)cc1. The summed E-state index contributed by atoms with van der Waals surface area (Å²) in [5, 5.41) is 21.0. The normalized spacial score (nSPS) is 10.9. The Balaban J connectivity index is 1.63. The molecule has 32 heavy (non-hydrogen) atoms. The number of sulfonamides is 1. The maximum Gasteiger partial charge on any atom is 0.290 e. The summed E-state index contributed by atoms with van der Waals surface area (Å²) < 4.78 is 24.1. The molecule has 0 fully saturated rings. The van der Waals surface area contributed by atoms with Crippen LogP contribution in [0.15, 0.2) is 78.0 Å². The summed E-state index contributed by atoms with van der Waals surface area (Å²) in [7, 11) is -3.82. The number of pyridine rings is 1. The average Bonchev–Trinajstić information content (AvgIpc) is 2.74. The van der Waals surface area contributed by atoms with Gasteiger partial charge in [-0.15, -0.1) is 0 Å². The third-order valence-corrected chi connectivity index (χ3v) is 5.18. The van der Waals surface area contributed by atoms with Crippen LogP contribution < -0.4 is 20.3 Å². The van der Waals surface area contributed by atoms with Crippen molar-refractivity contribution in [2.45, 2.75) is 11.4 Å². The largest absolute Gasteiger partial charge is 0.322 e. The topological polar surface area (TPSA) is 165 Å². The fourth-order valence-electron chi connectivity index (χ4n) is 2.72. The molecule has 0 bridgehead atoms. The van der Waals surface area contributed by atoms with E-state index < -0.39 is 26.8 Å². The first-order valence-electron chi connectivity index (χ1n) is 9.09. The van der Waals surface area contributed by atoms with Gasteiger partial charge in [0.2, 0.25) is 16.6 Å². The molecule has 0 unspecified atom stereocenters. The summed E-state index contributed by atoms with van der Waals surface area (Å²) in [4.78, 5) is 34.8. The van der Waals surface area contributed by atoms with Crippen LogP contribution in [-0.2, 0) is 21.4 Å². The fraction of sp³-hybridized carbons (Fsp3) is 0.0500. The van der Waals surface area contributed by atoms with Gasteiger partial charge in [0, 0.05) is 29.6 Å². The molecule has 12 heteroatoms. The van der Waals surface area contributed by atoms with E-state index in [2.05, 4.69) is 10.6 Å². The second-order valence-corrected chi connectivity index (χ2v) is 8.20. The average molecular weight is 456 g/mol. The lowest BCUT2D eigenvalue weighted by Crippen LogP contribution is -2.40. The zero-order valence-electron chi connectivity index (χ0n) is 16.5. The Labute approximate surface area is 182 Å². The van der Waals surface area contributed by atoms with Gasteiger partial charge in [-0.2, -0.15) is 4.57 Å². The van der Waals surface area contributed by atoms with E-state index in [1.807, 2.05) is 0 Å². The maximum absolute atomic E-state index is 12.5. The number of aromatic nitrogens is 1. The highest BCUT2D eigenvalue weighted by atomic mass is 32.2. The van der Waals surface area contributed by atoms with Crippen LogP contribution in [0.5, 0.6) is 0 Å². The van der Waals surface area contributed by atoms with Crippen LogP contribution in [-0.4, -0.2) is 25.2 Å². The summed E-state index contributed by atoms with van der Waals surface area (Å²) in [6.45, 7) is -0.102. The molecule has 0 saturated carbocycles. The first-order chi connectivity index (χ1) is 15.1. The lowest BCUT2D eigenvalue weighted by molar-refractivity contribution is -0.684. The number of anilines is 2. The van der Waals surface area contributed by atoms with Crippen molar-refractivity contribution < 1.29 is 27.5 Å². The van der Waals surface area contributed by atoms with Crippen molar-refractivity contribution in [3.8, 4) is 0 Å². The zero-order chi connectivity index (χ0) is 23.3. The Morgan fingerprint density at radius 2 is 1.56 bits per heavy atom. The third kappa shape index (κ3) is 5.93. The second kappa shape index (κ2) is 9.32. The molecule has 11 nitrogen and oxygen atoms in total. The maximum atomic E-state index is 12.5. The summed E-state index contributed by atoms with van der Waals surface area (Å²) >= 11 is 0. The van der Waals surface area contributed by atoms with Crippen LogP contribution in [0.3, 0.4) is 0 Å². The van der Waals surface area contributed by atoms with E-state index in [-0.39, 0.29) is 22.7 Å². The number of hydrogen-bond acceptors (Lipinski definition) is 6. The molecule has 0 aliphatic heterocycles. The van der Waals surface area contributed by atoms with E-state index >= 15 is 0 Å². The highest BCUT2D eigenvalue weighted by molar-refractivity contribution is 7.89. The van der Waals surface area contributed by atoms with Gasteiger partial charge in [0.05, 0.1) is 9.82 Å². The fourth-order valence-corrected chi connectivity index (χ4v) is 3.23. The van der Waals surface area contributed by atoms with E-state index in [0.717, 1.165) is 0 Å². The Bertz CT molecular complexity index is 1270. The van der Waals surface area contributed by atoms with Crippen LogP contribution in [0.1, 0.15) is 10.4 Å². The molecule has 1 heterocycles. The van der Waals surface area contributed by atoms with Gasteiger partial charge in [0.25, 0.3) is 17.5 Å². The first kappa shape index (κ1) is 22.5. The van der Waals surface area contributed by atoms with Crippen molar-refractivity contribution >= 4 is 38.9 Å².